The van der Waals surface area contributed by atoms with Crippen molar-refractivity contribution in [1.82, 2.24) is 0 Å². The Morgan fingerprint density at radius 2 is 1.07 bits per heavy atom. The van der Waals surface area contributed by atoms with Gasteiger partial charge in [-0.25, -0.2) is 0 Å². The van der Waals surface area contributed by atoms with Crippen LogP contribution in [0.4, 0.5) is 0 Å². The molecule has 1 saturated heterocycles. The van der Waals surface area contributed by atoms with Gasteiger partial charge in [0.25, 0.3) is 0 Å². The second-order valence-corrected chi connectivity index (χ2v) is 12.9. The van der Waals surface area contributed by atoms with Gasteiger partial charge in [-0.15, -0.1) is 0 Å². The average molecular weight is 617 g/mol. The van der Waals surface area contributed by atoms with Gasteiger partial charge < -0.3 is 35.4 Å². The molecular weight excluding hydrogens is 552 g/mol. The predicted octanol–water partition coefficient (Wildman–Crippen LogP) is 5.45. The Kier molecular flexibility index (Phi) is 20.8. The van der Waals surface area contributed by atoms with Gasteiger partial charge in [0.2, 0.25) is 0 Å². The lowest BCUT2D eigenvalue weighted by molar-refractivity contribution is -0.256. The van der Waals surface area contributed by atoms with Gasteiger partial charge in [-0.2, -0.15) is 0 Å². The Bertz CT molecular complexity index is 747. The summed E-state index contributed by atoms with van der Waals surface area (Å²) in [6.07, 6.45) is 7.93. The van der Waals surface area contributed by atoms with E-state index >= 15 is 0 Å². The molecule has 0 radical (unpaired) electrons. The minimum absolute atomic E-state index is 0.0121. The summed E-state index contributed by atoms with van der Waals surface area (Å²) < 4.78 is 5.68. The Balaban J connectivity index is 2.87. The standard InChI is InChI=1S/C34H64O9/c1-4-6-8-10-12-14-16-18-20-22-26(35)24-28(37)34(33(41)42,32-31(40)30(39)29(38)25(3)43-32)27(36)23-21-19-17-15-13-11-9-7-5-2/h25-27,29-32,35-36,38-40H,4-24H2,1-3H3,(H,41,42)/t25-,26?,27?,29-,30+,31+,32+,34?/m0/s1. The first-order valence-electron chi connectivity index (χ1n) is 17.4. The van der Waals surface area contributed by atoms with Crippen molar-refractivity contribution in [3.63, 3.8) is 0 Å². The second kappa shape index (κ2) is 22.4. The quantitative estimate of drug-likeness (QED) is 0.0547. The molecule has 0 aliphatic carbocycles. The van der Waals surface area contributed by atoms with Gasteiger partial charge in [0.05, 0.1) is 18.3 Å². The number of carboxylic acids is 1. The Morgan fingerprint density at radius 1 is 0.651 bits per heavy atom. The van der Waals surface area contributed by atoms with E-state index in [1.807, 2.05) is 0 Å². The molecule has 3 unspecified atom stereocenters. The Hall–Kier alpha value is -1.10. The fourth-order valence-corrected chi connectivity index (χ4v) is 6.40. The first-order chi connectivity index (χ1) is 20.5. The number of ether oxygens (including phenoxy) is 1. The van der Waals surface area contributed by atoms with Crippen LogP contribution in [0.5, 0.6) is 0 Å². The summed E-state index contributed by atoms with van der Waals surface area (Å²) in [5.74, 6) is -2.61. The molecule has 1 fully saturated rings. The maximum absolute atomic E-state index is 13.8. The summed E-state index contributed by atoms with van der Waals surface area (Å²) in [6, 6.07) is 0. The van der Waals surface area contributed by atoms with Crippen molar-refractivity contribution in [1.29, 1.82) is 0 Å². The Labute approximate surface area is 260 Å². The van der Waals surface area contributed by atoms with Crippen molar-refractivity contribution < 1.29 is 45.0 Å². The molecule has 0 bridgehead atoms. The molecule has 1 aliphatic rings. The average Bonchev–Trinajstić information content (AvgIpc) is 2.97. The van der Waals surface area contributed by atoms with Crippen molar-refractivity contribution in [2.75, 3.05) is 0 Å². The maximum Gasteiger partial charge on any atom is 0.322 e. The largest absolute Gasteiger partial charge is 0.480 e. The number of aliphatic carboxylic acids is 1. The number of hydrogen-bond donors (Lipinski definition) is 6. The van der Waals surface area contributed by atoms with E-state index in [2.05, 4.69) is 13.8 Å². The van der Waals surface area contributed by atoms with E-state index in [0.29, 0.717) is 19.3 Å². The van der Waals surface area contributed by atoms with Crippen molar-refractivity contribution in [3.8, 4) is 0 Å². The molecule has 1 heterocycles. The topological polar surface area (TPSA) is 165 Å². The SMILES string of the molecule is CCCCCCCCCCCC(O)CC(=O)C(C(=O)O)(C(O)CCCCCCCCCCC)[C@@H]1O[C@@H](C)[C@H](O)[C@@H](O)[C@H]1O. The number of aliphatic hydroxyl groups excluding tert-OH is 5. The lowest BCUT2D eigenvalue weighted by atomic mass is 9.66. The number of aliphatic hydroxyl groups is 5. The number of carbonyl (C=O) groups is 2. The summed E-state index contributed by atoms with van der Waals surface area (Å²) >= 11 is 0. The van der Waals surface area contributed by atoms with Gasteiger partial charge in [0.15, 0.2) is 11.2 Å². The molecule has 43 heavy (non-hydrogen) atoms. The monoisotopic (exact) mass is 616 g/mol. The highest BCUT2D eigenvalue weighted by atomic mass is 16.5. The highest BCUT2D eigenvalue weighted by Gasteiger charge is 2.63. The molecule has 0 saturated carbocycles. The van der Waals surface area contributed by atoms with Gasteiger partial charge in [-0.1, -0.05) is 129 Å². The number of rotatable bonds is 26. The van der Waals surface area contributed by atoms with E-state index in [1.54, 1.807) is 0 Å². The minimum atomic E-state index is -2.60. The molecule has 8 atom stereocenters. The molecule has 254 valence electrons. The van der Waals surface area contributed by atoms with Crippen LogP contribution in [0.2, 0.25) is 0 Å². The molecule has 0 aromatic rings. The molecule has 0 spiro atoms. The summed E-state index contributed by atoms with van der Waals surface area (Å²) in [6.45, 7) is 5.77. The first kappa shape index (κ1) is 39.9. The van der Waals surface area contributed by atoms with Crippen LogP contribution in [0.25, 0.3) is 0 Å². The zero-order valence-electron chi connectivity index (χ0n) is 27.3. The van der Waals surface area contributed by atoms with Crippen LogP contribution in [-0.2, 0) is 14.3 Å². The van der Waals surface area contributed by atoms with Crippen LogP contribution in [0.3, 0.4) is 0 Å². The number of hydrogen-bond acceptors (Lipinski definition) is 8. The van der Waals surface area contributed by atoms with Gasteiger partial charge in [-0.05, 0) is 19.8 Å². The van der Waals surface area contributed by atoms with E-state index in [9.17, 15) is 40.2 Å². The van der Waals surface area contributed by atoms with Gasteiger partial charge in [0.1, 0.15) is 24.4 Å². The fraction of sp³-hybridized carbons (Fsp3) is 0.941. The van der Waals surface area contributed by atoms with Crippen LogP contribution >= 0.6 is 0 Å². The summed E-state index contributed by atoms with van der Waals surface area (Å²) in [7, 11) is 0. The van der Waals surface area contributed by atoms with E-state index in [-0.39, 0.29) is 6.42 Å². The molecule has 9 nitrogen and oxygen atoms in total. The molecule has 0 amide bonds. The molecule has 0 aromatic carbocycles. The van der Waals surface area contributed by atoms with Crippen LogP contribution in [0.15, 0.2) is 0 Å². The zero-order chi connectivity index (χ0) is 32.3. The number of Topliss-reactive ketones (excluding diaryl/α,β-unsaturated/α-hetero) is 1. The lowest BCUT2D eigenvalue weighted by Crippen LogP contribution is -2.68. The summed E-state index contributed by atoms with van der Waals surface area (Å²) in [5, 5.41) is 64.1. The molecule has 1 rings (SSSR count). The number of unbranched alkanes of at least 4 members (excludes halogenated alkanes) is 16. The number of ketones is 1. The van der Waals surface area contributed by atoms with E-state index < -0.39 is 66.3 Å². The van der Waals surface area contributed by atoms with Crippen molar-refractivity contribution in [2.24, 2.45) is 5.41 Å². The van der Waals surface area contributed by atoms with Crippen LogP contribution in [0, 0.1) is 5.41 Å². The Morgan fingerprint density at radius 3 is 1.51 bits per heavy atom. The van der Waals surface area contributed by atoms with Crippen molar-refractivity contribution >= 4 is 11.8 Å². The first-order valence-corrected chi connectivity index (χ1v) is 17.4. The third-order valence-electron chi connectivity index (χ3n) is 9.28. The number of carboxylic acid groups (broad SMARTS) is 1. The molecule has 6 N–H and O–H groups in total. The minimum Gasteiger partial charge on any atom is -0.480 e. The van der Waals surface area contributed by atoms with Crippen LogP contribution in [0.1, 0.15) is 156 Å². The van der Waals surface area contributed by atoms with E-state index in [0.717, 1.165) is 44.9 Å². The fourth-order valence-electron chi connectivity index (χ4n) is 6.40. The van der Waals surface area contributed by atoms with Crippen LogP contribution < -0.4 is 0 Å². The van der Waals surface area contributed by atoms with E-state index in [1.165, 1.54) is 64.7 Å². The molecule has 1 aliphatic heterocycles. The van der Waals surface area contributed by atoms with Gasteiger partial charge in [-0.3, -0.25) is 9.59 Å². The van der Waals surface area contributed by atoms with Crippen molar-refractivity contribution in [2.45, 2.75) is 198 Å². The predicted molar refractivity (Wildman–Crippen MR) is 168 cm³/mol. The van der Waals surface area contributed by atoms with Crippen molar-refractivity contribution in [3.05, 3.63) is 0 Å². The highest BCUT2D eigenvalue weighted by molar-refractivity contribution is 6.05. The third kappa shape index (κ3) is 13.0. The molecular formula is C34H64O9. The normalized spacial score (nSPS) is 25.3. The van der Waals surface area contributed by atoms with Gasteiger partial charge >= 0.3 is 5.97 Å². The summed E-state index contributed by atoms with van der Waals surface area (Å²) in [4.78, 5) is 26.7. The zero-order valence-corrected chi connectivity index (χ0v) is 27.3. The molecule has 9 heteroatoms. The highest BCUT2D eigenvalue weighted by Crippen LogP contribution is 2.41. The molecule has 0 aromatic heterocycles. The lowest BCUT2D eigenvalue weighted by Gasteiger charge is -2.48. The third-order valence-corrected chi connectivity index (χ3v) is 9.28. The van der Waals surface area contributed by atoms with E-state index in [4.69, 9.17) is 4.74 Å². The summed E-state index contributed by atoms with van der Waals surface area (Å²) in [5.41, 5.74) is -2.60. The second-order valence-electron chi connectivity index (χ2n) is 12.9. The van der Waals surface area contributed by atoms with Gasteiger partial charge in [0, 0.05) is 6.42 Å². The maximum atomic E-state index is 13.8. The number of carbonyl (C=O) groups excluding carboxylic acids is 1. The van der Waals surface area contributed by atoms with Crippen LogP contribution in [-0.4, -0.2) is 85.1 Å². The smallest absolute Gasteiger partial charge is 0.322 e.